The molecule has 0 aliphatic heterocycles. The second kappa shape index (κ2) is 4.34. The Kier molecular flexibility index (Phi) is 3.15. The quantitative estimate of drug-likeness (QED) is 0.304. The van der Waals surface area contributed by atoms with Crippen molar-refractivity contribution in [2.45, 2.75) is 6.54 Å². The average molecular weight is 188 g/mol. The van der Waals surface area contributed by atoms with E-state index in [4.69, 9.17) is 11.3 Å². The number of primary amides is 1. The summed E-state index contributed by atoms with van der Waals surface area (Å²) in [6.45, 7) is 0.240. The normalized spacial score (nSPS) is 9.14. The van der Waals surface area contributed by atoms with E-state index in [0.717, 1.165) is 11.0 Å². The highest BCUT2D eigenvalue weighted by molar-refractivity contribution is 6.33. The highest BCUT2D eigenvalue weighted by atomic mass is 16.1. The summed E-state index contributed by atoms with van der Waals surface area (Å²) in [5, 5.41) is 3.43. The number of hydrogen-bond donors (Lipinski definition) is 1. The number of carbonyl (C=O) groups is 1. The Morgan fingerprint density at radius 1 is 1.64 bits per heavy atom. The zero-order chi connectivity index (χ0) is 10.6. The summed E-state index contributed by atoms with van der Waals surface area (Å²) in [6, 6.07) is 5.08. The van der Waals surface area contributed by atoms with Gasteiger partial charge in [-0.1, -0.05) is 22.7 Å². The Morgan fingerprint density at radius 2 is 2.36 bits per heavy atom. The Hall–Kier alpha value is -1.94. The van der Waals surface area contributed by atoms with Crippen LogP contribution in [-0.2, 0) is 6.54 Å². The molecule has 0 spiro atoms. The van der Waals surface area contributed by atoms with Gasteiger partial charge in [0.05, 0.1) is 6.54 Å². The van der Waals surface area contributed by atoms with Crippen LogP contribution in [-0.4, -0.2) is 13.8 Å². The maximum atomic E-state index is 10.9. The van der Waals surface area contributed by atoms with E-state index in [0.29, 0.717) is 5.56 Å². The molecule has 0 aliphatic carbocycles. The molecule has 0 radical (unpaired) electrons. The van der Waals surface area contributed by atoms with Crippen LogP contribution in [0.25, 0.3) is 10.4 Å². The first-order chi connectivity index (χ1) is 6.65. The van der Waals surface area contributed by atoms with Gasteiger partial charge in [-0.2, -0.15) is 0 Å². The summed E-state index contributed by atoms with van der Waals surface area (Å²) in [7, 11) is 1.88. The SMILES string of the molecule is Bc1ccc(C(N)=O)cc1CN=[N+]=[N-]. The fourth-order valence-corrected chi connectivity index (χ4v) is 1.10. The second-order valence-corrected chi connectivity index (χ2v) is 2.89. The number of rotatable bonds is 3. The second-order valence-electron chi connectivity index (χ2n) is 2.89. The van der Waals surface area contributed by atoms with Gasteiger partial charge in [-0.25, -0.2) is 0 Å². The Morgan fingerprint density at radius 3 is 2.93 bits per heavy atom. The Labute approximate surface area is 81.9 Å². The van der Waals surface area contributed by atoms with Gasteiger partial charge in [0.25, 0.3) is 0 Å². The topological polar surface area (TPSA) is 91.9 Å². The van der Waals surface area contributed by atoms with Crippen LogP contribution in [0.15, 0.2) is 23.3 Å². The first kappa shape index (κ1) is 10.1. The fraction of sp³-hybridized carbons (Fsp3) is 0.125. The van der Waals surface area contributed by atoms with E-state index < -0.39 is 5.91 Å². The molecule has 1 aromatic rings. The lowest BCUT2D eigenvalue weighted by Gasteiger charge is -2.03. The largest absolute Gasteiger partial charge is 0.366 e. The number of hydrogen-bond acceptors (Lipinski definition) is 2. The van der Waals surface area contributed by atoms with Crippen LogP contribution >= 0.6 is 0 Å². The van der Waals surface area contributed by atoms with E-state index >= 15 is 0 Å². The van der Waals surface area contributed by atoms with Crippen molar-refractivity contribution in [1.82, 2.24) is 0 Å². The van der Waals surface area contributed by atoms with Crippen molar-refractivity contribution in [3.63, 3.8) is 0 Å². The molecule has 6 heteroatoms. The molecule has 2 N–H and O–H groups in total. The van der Waals surface area contributed by atoms with Crippen molar-refractivity contribution in [2.75, 3.05) is 0 Å². The Bertz CT molecular complexity index is 412. The molecule has 14 heavy (non-hydrogen) atoms. The van der Waals surface area contributed by atoms with Crippen LogP contribution < -0.4 is 11.2 Å². The average Bonchev–Trinajstić information content (AvgIpc) is 2.16. The van der Waals surface area contributed by atoms with Crippen molar-refractivity contribution >= 4 is 19.2 Å². The van der Waals surface area contributed by atoms with Crippen molar-refractivity contribution in [2.24, 2.45) is 10.8 Å². The molecule has 1 aromatic carbocycles. The number of nitrogens with two attached hydrogens (primary N) is 1. The molecular weight excluding hydrogens is 179 g/mol. The molecule has 0 unspecified atom stereocenters. The van der Waals surface area contributed by atoms with Crippen LogP contribution in [0.5, 0.6) is 0 Å². The molecule has 0 bridgehead atoms. The summed E-state index contributed by atoms with van der Waals surface area (Å²) in [4.78, 5) is 13.5. The smallest absolute Gasteiger partial charge is 0.248 e. The highest BCUT2D eigenvalue weighted by Gasteiger charge is 2.03. The number of benzene rings is 1. The summed E-state index contributed by atoms with van der Waals surface area (Å²) < 4.78 is 0. The van der Waals surface area contributed by atoms with Crippen LogP contribution in [0, 0.1) is 0 Å². The standard InChI is InChI=1S/C8H9BN4O/c9-7-2-1-5(8(10)14)3-6(7)4-12-13-11/h1-3H,4,9H2,(H2,10,14). The van der Waals surface area contributed by atoms with Gasteiger partial charge in [0, 0.05) is 10.5 Å². The van der Waals surface area contributed by atoms with Gasteiger partial charge in [0.15, 0.2) is 0 Å². The Balaban J connectivity index is 3.07. The van der Waals surface area contributed by atoms with Crippen molar-refractivity contribution in [3.05, 3.63) is 39.8 Å². The van der Waals surface area contributed by atoms with Gasteiger partial charge in [0.1, 0.15) is 7.85 Å². The van der Waals surface area contributed by atoms with Crippen molar-refractivity contribution in [3.8, 4) is 0 Å². The van der Waals surface area contributed by atoms with E-state index in [1.807, 2.05) is 7.85 Å². The molecule has 0 heterocycles. The van der Waals surface area contributed by atoms with Gasteiger partial charge < -0.3 is 5.73 Å². The van der Waals surface area contributed by atoms with Crippen LogP contribution in [0.2, 0.25) is 0 Å². The molecule has 1 amide bonds. The van der Waals surface area contributed by atoms with E-state index in [1.165, 1.54) is 0 Å². The lowest BCUT2D eigenvalue weighted by Crippen LogP contribution is -2.16. The zero-order valence-electron chi connectivity index (χ0n) is 7.77. The minimum absolute atomic E-state index is 0.240. The molecule has 5 nitrogen and oxygen atoms in total. The van der Waals surface area contributed by atoms with E-state index in [-0.39, 0.29) is 6.54 Å². The van der Waals surface area contributed by atoms with E-state index in [1.54, 1.807) is 18.2 Å². The monoisotopic (exact) mass is 188 g/mol. The summed E-state index contributed by atoms with van der Waals surface area (Å²) in [5.74, 6) is -0.479. The predicted molar refractivity (Wildman–Crippen MR) is 56.0 cm³/mol. The van der Waals surface area contributed by atoms with Crippen molar-refractivity contribution in [1.29, 1.82) is 0 Å². The molecule has 0 atom stereocenters. The molecule has 0 aliphatic rings. The molecule has 0 saturated carbocycles. The number of amides is 1. The zero-order valence-corrected chi connectivity index (χ0v) is 7.77. The summed E-state index contributed by atoms with van der Waals surface area (Å²) in [6.07, 6.45) is 0. The first-order valence-electron chi connectivity index (χ1n) is 4.05. The van der Waals surface area contributed by atoms with Gasteiger partial charge >= 0.3 is 0 Å². The maximum Gasteiger partial charge on any atom is 0.248 e. The lowest BCUT2D eigenvalue weighted by molar-refractivity contribution is 0.1000. The molecule has 0 saturated heterocycles. The fourth-order valence-electron chi connectivity index (χ4n) is 1.10. The van der Waals surface area contributed by atoms with Crippen molar-refractivity contribution < 1.29 is 4.79 Å². The third kappa shape index (κ3) is 2.28. The number of nitrogens with zero attached hydrogens (tertiary/aromatic N) is 3. The molecule has 0 aromatic heterocycles. The third-order valence-corrected chi connectivity index (χ3v) is 1.94. The maximum absolute atomic E-state index is 10.9. The van der Waals surface area contributed by atoms with Gasteiger partial charge in [-0.3, -0.25) is 4.79 Å². The summed E-state index contributed by atoms with van der Waals surface area (Å²) in [5.41, 5.74) is 15.5. The lowest BCUT2D eigenvalue weighted by atomic mass is 9.89. The third-order valence-electron chi connectivity index (χ3n) is 1.94. The highest BCUT2D eigenvalue weighted by Crippen LogP contribution is 2.03. The van der Waals surface area contributed by atoms with Gasteiger partial charge in [-0.05, 0) is 17.2 Å². The van der Waals surface area contributed by atoms with Gasteiger partial charge in [0.2, 0.25) is 5.91 Å². The molecule has 70 valence electrons. The molecular formula is C8H9BN4O. The minimum Gasteiger partial charge on any atom is -0.366 e. The first-order valence-corrected chi connectivity index (χ1v) is 4.05. The van der Waals surface area contributed by atoms with Crippen LogP contribution in [0.3, 0.4) is 0 Å². The van der Waals surface area contributed by atoms with Crippen LogP contribution in [0.4, 0.5) is 0 Å². The number of azide groups is 1. The molecule has 1 rings (SSSR count). The summed E-state index contributed by atoms with van der Waals surface area (Å²) >= 11 is 0. The number of carbonyl (C=O) groups excluding carboxylic acids is 1. The van der Waals surface area contributed by atoms with E-state index in [2.05, 4.69) is 10.0 Å². The van der Waals surface area contributed by atoms with Crippen LogP contribution in [0.1, 0.15) is 15.9 Å². The minimum atomic E-state index is -0.479. The van der Waals surface area contributed by atoms with E-state index in [9.17, 15) is 4.79 Å². The van der Waals surface area contributed by atoms with Gasteiger partial charge in [-0.15, -0.1) is 0 Å². The molecule has 0 fully saturated rings. The predicted octanol–water partition coefficient (Wildman–Crippen LogP) is -0.146.